The summed E-state index contributed by atoms with van der Waals surface area (Å²) in [6.45, 7) is 4.18. The maximum Gasteiger partial charge on any atom is 0.258 e. The van der Waals surface area contributed by atoms with Crippen LogP contribution in [0.1, 0.15) is 29.5 Å². The van der Waals surface area contributed by atoms with Crippen LogP contribution in [-0.4, -0.2) is 61.5 Å². The van der Waals surface area contributed by atoms with Gasteiger partial charge in [-0.2, -0.15) is 0 Å². The van der Waals surface area contributed by atoms with E-state index in [0.717, 1.165) is 52.0 Å². The Morgan fingerprint density at radius 1 is 1.16 bits per heavy atom. The second kappa shape index (κ2) is 11.5. The first-order valence-electron chi connectivity index (χ1n) is 11.7. The highest BCUT2D eigenvalue weighted by Crippen LogP contribution is 2.22. The average molecular weight is 439 g/mol. The van der Waals surface area contributed by atoms with E-state index >= 15 is 0 Å². The molecule has 2 N–H and O–H groups in total. The summed E-state index contributed by atoms with van der Waals surface area (Å²) in [5.41, 5.74) is 3.94. The molecule has 1 atom stereocenters. The van der Waals surface area contributed by atoms with Gasteiger partial charge in [0.1, 0.15) is 5.75 Å². The largest absolute Gasteiger partial charge is 0.484 e. The van der Waals surface area contributed by atoms with Gasteiger partial charge in [0, 0.05) is 39.4 Å². The summed E-state index contributed by atoms with van der Waals surface area (Å²) in [6.07, 6.45) is 3.60. The normalized spacial score (nSPS) is 18.0. The molecule has 4 rings (SSSR count). The quantitative estimate of drug-likeness (QED) is 0.630. The number of rotatable bonds is 9. The number of hydrogen-bond acceptors (Lipinski definition) is 5. The third kappa shape index (κ3) is 6.79. The van der Waals surface area contributed by atoms with Gasteiger partial charge in [-0.1, -0.05) is 36.4 Å². The fraction of sp³-hybridized carbons (Fsp3) is 0.500. The van der Waals surface area contributed by atoms with Gasteiger partial charge in [-0.15, -0.1) is 0 Å². The molecule has 0 radical (unpaired) electrons. The van der Waals surface area contributed by atoms with Gasteiger partial charge in [0.25, 0.3) is 5.91 Å². The lowest BCUT2D eigenvalue weighted by Gasteiger charge is -2.30. The summed E-state index contributed by atoms with van der Waals surface area (Å²) in [4.78, 5) is 14.4. The molecule has 0 bridgehead atoms. The molecular weight excluding hydrogens is 404 g/mol. The Balaban J connectivity index is 1.16. The molecule has 1 amide bonds. The molecule has 0 saturated carbocycles. The van der Waals surface area contributed by atoms with Crippen LogP contribution in [-0.2, 0) is 28.9 Å². The highest BCUT2D eigenvalue weighted by molar-refractivity contribution is 5.77. The van der Waals surface area contributed by atoms with Crippen LogP contribution >= 0.6 is 0 Å². The van der Waals surface area contributed by atoms with Crippen molar-refractivity contribution < 1.29 is 19.4 Å². The summed E-state index contributed by atoms with van der Waals surface area (Å²) < 4.78 is 11.1. The van der Waals surface area contributed by atoms with Crippen molar-refractivity contribution in [3.8, 4) is 5.75 Å². The highest BCUT2D eigenvalue weighted by Gasteiger charge is 2.19. The lowest BCUT2D eigenvalue weighted by molar-refractivity contribution is -0.123. The molecule has 2 aromatic rings. The van der Waals surface area contributed by atoms with Gasteiger partial charge in [-0.25, -0.2) is 0 Å². The van der Waals surface area contributed by atoms with Crippen LogP contribution in [0.25, 0.3) is 0 Å². The standard InChI is InChI=1S/C26H34N2O4/c29-24(18-28-11-8-22-5-1-2-6-23(22)17-28)16-27-26(30)19-32-25-7-3-4-21(15-25)14-20-9-12-31-13-10-20/h1-7,15,20,24,29H,8-14,16-19H2,(H,27,30). The highest BCUT2D eigenvalue weighted by atomic mass is 16.5. The monoisotopic (exact) mass is 438 g/mol. The van der Waals surface area contributed by atoms with Gasteiger partial charge in [-0.3, -0.25) is 9.69 Å². The Kier molecular flexibility index (Phi) is 8.15. The number of ether oxygens (including phenoxy) is 2. The SMILES string of the molecule is O=C(COc1cccc(CC2CCOCC2)c1)NCC(O)CN1CCc2ccccc2C1. The number of amides is 1. The second-order valence-corrected chi connectivity index (χ2v) is 8.91. The number of fused-ring (bicyclic) bond motifs is 1. The zero-order chi connectivity index (χ0) is 22.2. The van der Waals surface area contributed by atoms with E-state index in [1.54, 1.807) is 0 Å². The lowest BCUT2D eigenvalue weighted by atomic mass is 9.92. The summed E-state index contributed by atoms with van der Waals surface area (Å²) in [5.74, 6) is 1.14. The van der Waals surface area contributed by atoms with Crippen LogP contribution in [0.2, 0.25) is 0 Å². The fourth-order valence-electron chi connectivity index (χ4n) is 4.55. The first-order chi connectivity index (χ1) is 15.7. The maximum absolute atomic E-state index is 12.2. The number of nitrogens with zero attached hydrogens (tertiary/aromatic N) is 1. The predicted octanol–water partition coefficient (Wildman–Crippen LogP) is 2.57. The Morgan fingerprint density at radius 2 is 1.97 bits per heavy atom. The molecule has 172 valence electrons. The predicted molar refractivity (Wildman–Crippen MR) is 124 cm³/mol. The van der Waals surface area contributed by atoms with Crippen LogP contribution in [0, 0.1) is 5.92 Å². The topological polar surface area (TPSA) is 71.0 Å². The van der Waals surface area contributed by atoms with Crippen molar-refractivity contribution in [3.63, 3.8) is 0 Å². The Morgan fingerprint density at radius 3 is 2.81 bits per heavy atom. The molecule has 1 unspecified atom stereocenters. The van der Waals surface area contributed by atoms with Gasteiger partial charge in [-0.05, 0) is 60.4 Å². The lowest BCUT2D eigenvalue weighted by Crippen LogP contribution is -2.42. The third-order valence-electron chi connectivity index (χ3n) is 6.35. The number of aliphatic hydroxyl groups is 1. The van der Waals surface area contributed by atoms with E-state index in [1.807, 2.05) is 18.2 Å². The van der Waals surface area contributed by atoms with E-state index in [9.17, 15) is 9.90 Å². The van der Waals surface area contributed by atoms with E-state index < -0.39 is 6.10 Å². The zero-order valence-electron chi connectivity index (χ0n) is 18.7. The van der Waals surface area contributed by atoms with E-state index in [2.05, 4.69) is 40.5 Å². The minimum Gasteiger partial charge on any atom is -0.484 e. The first kappa shape index (κ1) is 22.8. The number of hydrogen-bond donors (Lipinski definition) is 2. The van der Waals surface area contributed by atoms with Crippen LogP contribution in [0.15, 0.2) is 48.5 Å². The molecule has 2 aliphatic rings. The van der Waals surface area contributed by atoms with Crippen molar-refractivity contribution >= 4 is 5.91 Å². The van der Waals surface area contributed by atoms with E-state index in [4.69, 9.17) is 9.47 Å². The molecule has 2 aliphatic heterocycles. The minimum absolute atomic E-state index is 0.0511. The molecule has 1 fully saturated rings. The van der Waals surface area contributed by atoms with Crippen molar-refractivity contribution in [1.82, 2.24) is 10.2 Å². The van der Waals surface area contributed by atoms with Crippen LogP contribution < -0.4 is 10.1 Å². The summed E-state index contributed by atoms with van der Waals surface area (Å²) in [5, 5.41) is 13.2. The average Bonchev–Trinajstić information content (AvgIpc) is 2.82. The van der Waals surface area contributed by atoms with Gasteiger partial charge < -0.3 is 19.9 Å². The molecule has 2 aromatic carbocycles. The third-order valence-corrected chi connectivity index (χ3v) is 6.35. The number of nitrogens with one attached hydrogen (secondary N) is 1. The molecule has 32 heavy (non-hydrogen) atoms. The van der Waals surface area contributed by atoms with Gasteiger partial charge in [0.05, 0.1) is 6.10 Å². The smallest absolute Gasteiger partial charge is 0.258 e. The van der Waals surface area contributed by atoms with Gasteiger partial charge in [0.2, 0.25) is 0 Å². The van der Waals surface area contributed by atoms with Crippen molar-refractivity contribution in [1.29, 1.82) is 0 Å². The number of aliphatic hydroxyl groups excluding tert-OH is 1. The minimum atomic E-state index is -0.605. The number of carbonyl (C=O) groups is 1. The molecule has 6 heteroatoms. The number of β-amino-alcohol motifs (C(OH)–C–C–N with tert-alkyl or cyclic N) is 1. The molecule has 6 nitrogen and oxygen atoms in total. The van der Waals surface area contributed by atoms with Crippen molar-refractivity contribution in [2.75, 3.05) is 39.5 Å². The first-order valence-corrected chi connectivity index (χ1v) is 11.7. The van der Waals surface area contributed by atoms with Crippen molar-refractivity contribution in [2.45, 2.75) is 38.3 Å². The molecular formula is C26H34N2O4. The van der Waals surface area contributed by atoms with Crippen LogP contribution in [0.4, 0.5) is 0 Å². The second-order valence-electron chi connectivity index (χ2n) is 8.91. The Labute approximate surface area is 190 Å². The van der Waals surface area contributed by atoms with Gasteiger partial charge in [0.15, 0.2) is 6.61 Å². The summed E-state index contributed by atoms with van der Waals surface area (Å²) in [7, 11) is 0. The van der Waals surface area contributed by atoms with E-state index in [1.165, 1.54) is 16.7 Å². The maximum atomic E-state index is 12.2. The molecule has 2 heterocycles. The van der Waals surface area contributed by atoms with Crippen LogP contribution in [0.5, 0.6) is 5.75 Å². The summed E-state index contributed by atoms with van der Waals surface area (Å²) in [6, 6.07) is 16.4. The van der Waals surface area contributed by atoms with Gasteiger partial charge >= 0.3 is 0 Å². The Hall–Kier alpha value is -2.41. The number of benzene rings is 2. The van der Waals surface area contributed by atoms with E-state index in [0.29, 0.717) is 18.2 Å². The van der Waals surface area contributed by atoms with Crippen LogP contribution in [0.3, 0.4) is 0 Å². The van der Waals surface area contributed by atoms with E-state index in [-0.39, 0.29) is 19.1 Å². The molecule has 0 spiro atoms. The van der Waals surface area contributed by atoms with Crippen molar-refractivity contribution in [2.24, 2.45) is 5.92 Å². The molecule has 0 aromatic heterocycles. The number of carbonyl (C=O) groups excluding carboxylic acids is 1. The summed E-state index contributed by atoms with van der Waals surface area (Å²) >= 11 is 0. The van der Waals surface area contributed by atoms with Crippen molar-refractivity contribution in [3.05, 3.63) is 65.2 Å². The fourth-order valence-corrected chi connectivity index (χ4v) is 4.55. The Bertz CT molecular complexity index is 882. The molecule has 0 aliphatic carbocycles. The zero-order valence-corrected chi connectivity index (χ0v) is 18.7. The molecule has 1 saturated heterocycles.